The summed E-state index contributed by atoms with van der Waals surface area (Å²) in [7, 11) is 0. The molecule has 0 fully saturated rings. The number of hydrogen-bond acceptors (Lipinski definition) is 2. The molecule has 0 atom stereocenters. The maximum atomic E-state index is 12.9. The van der Waals surface area contributed by atoms with E-state index in [0.29, 0.717) is 5.56 Å². The lowest BCUT2D eigenvalue weighted by atomic mass is 10.0. The monoisotopic (exact) mass is 355 g/mol. The molecule has 4 heteroatoms. The Hall–Kier alpha value is -2.04. The Balaban J connectivity index is 1.66. The van der Waals surface area contributed by atoms with Crippen molar-refractivity contribution in [2.24, 2.45) is 0 Å². The molecule has 0 radical (unpaired) electrons. The largest absolute Gasteiger partial charge is 0.294 e. The van der Waals surface area contributed by atoms with E-state index in [1.807, 2.05) is 48.5 Å². The fourth-order valence-electron chi connectivity index (χ4n) is 2.26. The third-order valence-electron chi connectivity index (χ3n) is 3.54. The topological polar surface area (TPSA) is 17.1 Å². The Labute approximate surface area is 150 Å². The van der Waals surface area contributed by atoms with Crippen LogP contribution in [0, 0.1) is 5.82 Å². The summed E-state index contributed by atoms with van der Waals surface area (Å²) >= 11 is 5.12. The summed E-state index contributed by atoms with van der Waals surface area (Å²) in [5.41, 5.74) is 1.48. The molecule has 3 aromatic carbocycles. The SMILES string of the molecule is O=C(Cc1ccc(F)cc1)c1ccc(Sc2ccc([SH2+])cc2)cc1. The van der Waals surface area contributed by atoms with Gasteiger partial charge in [-0.3, -0.25) is 4.79 Å². The van der Waals surface area contributed by atoms with E-state index in [1.165, 1.54) is 12.1 Å². The first-order chi connectivity index (χ1) is 11.6. The molecule has 3 aromatic rings. The first-order valence-corrected chi connectivity index (χ1v) is 8.79. The van der Waals surface area contributed by atoms with Crippen molar-refractivity contribution in [3.05, 3.63) is 89.7 Å². The van der Waals surface area contributed by atoms with E-state index < -0.39 is 0 Å². The highest BCUT2D eigenvalue weighted by molar-refractivity contribution is 7.99. The van der Waals surface area contributed by atoms with Crippen molar-refractivity contribution in [3.8, 4) is 0 Å². The van der Waals surface area contributed by atoms with E-state index in [1.54, 1.807) is 23.9 Å². The number of rotatable bonds is 5. The number of benzene rings is 3. The number of carbonyl (C=O) groups excluding carboxylic acids is 1. The van der Waals surface area contributed by atoms with Gasteiger partial charge in [0.1, 0.15) is 10.7 Å². The van der Waals surface area contributed by atoms with Crippen LogP contribution in [0.15, 0.2) is 87.5 Å². The minimum Gasteiger partial charge on any atom is -0.294 e. The molecular weight excluding hydrogens is 339 g/mol. The van der Waals surface area contributed by atoms with Gasteiger partial charge in [-0.15, -0.1) is 0 Å². The number of carbonyl (C=O) groups is 1. The van der Waals surface area contributed by atoms with Crippen molar-refractivity contribution in [2.45, 2.75) is 21.1 Å². The van der Waals surface area contributed by atoms with Crippen LogP contribution in [-0.2, 0) is 19.0 Å². The second-order valence-electron chi connectivity index (χ2n) is 5.38. The summed E-state index contributed by atoms with van der Waals surface area (Å²) in [5, 5.41) is 0. The maximum Gasteiger partial charge on any atom is 0.167 e. The predicted octanol–water partition coefficient (Wildman–Crippen LogP) is 4.77. The number of ketones is 1. The second kappa shape index (κ2) is 7.69. The Bertz CT molecular complexity index is 825. The summed E-state index contributed by atoms with van der Waals surface area (Å²) in [6.07, 6.45) is 0.277. The van der Waals surface area contributed by atoms with Gasteiger partial charge in [-0.25, -0.2) is 4.39 Å². The Morgan fingerprint density at radius 1 is 0.833 bits per heavy atom. The lowest BCUT2D eigenvalue weighted by Crippen LogP contribution is -2.03. The molecule has 0 aromatic heterocycles. The summed E-state index contributed by atoms with van der Waals surface area (Å²) in [6.45, 7) is 0. The molecule has 0 saturated carbocycles. The molecule has 0 aliphatic carbocycles. The molecule has 0 aliphatic rings. The van der Waals surface area contributed by atoms with Crippen LogP contribution < -0.4 is 0 Å². The molecule has 0 amide bonds. The molecule has 0 unspecified atom stereocenters. The minimum absolute atomic E-state index is 0.0292. The normalized spacial score (nSPS) is 10.6. The van der Waals surface area contributed by atoms with Crippen LogP contribution in [0.1, 0.15) is 15.9 Å². The number of Topliss-reactive ketones (excluding diaryl/α,β-unsaturated/α-hetero) is 1. The third kappa shape index (κ3) is 4.49. The third-order valence-corrected chi connectivity index (χ3v) is 4.89. The molecule has 3 rings (SSSR count). The molecule has 0 saturated heterocycles. The zero-order chi connectivity index (χ0) is 16.9. The van der Waals surface area contributed by atoms with Crippen molar-refractivity contribution in [3.63, 3.8) is 0 Å². The number of hydrogen-bond donors (Lipinski definition) is 0. The van der Waals surface area contributed by atoms with Crippen molar-refractivity contribution in [1.82, 2.24) is 0 Å². The lowest BCUT2D eigenvalue weighted by molar-refractivity contribution is 0.0993. The van der Waals surface area contributed by atoms with E-state index in [2.05, 4.69) is 12.6 Å². The average molecular weight is 355 g/mol. The Morgan fingerprint density at radius 3 is 1.96 bits per heavy atom. The van der Waals surface area contributed by atoms with Gasteiger partial charge < -0.3 is 0 Å². The van der Waals surface area contributed by atoms with Gasteiger partial charge in [0.05, 0.1) is 0 Å². The van der Waals surface area contributed by atoms with Crippen molar-refractivity contribution in [2.75, 3.05) is 0 Å². The van der Waals surface area contributed by atoms with Crippen LogP contribution >= 0.6 is 11.8 Å². The van der Waals surface area contributed by atoms with Crippen molar-refractivity contribution in [1.29, 1.82) is 0 Å². The molecule has 0 bridgehead atoms. The maximum absolute atomic E-state index is 12.9. The van der Waals surface area contributed by atoms with Gasteiger partial charge in [-0.1, -0.05) is 36.0 Å². The molecule has 0 N–H and O–H groups in total. The van der Waals surface area contributed by atoms with E-state index in [4.69, 9.17) is 0 Å². The van der Waals surface area contributed by atoms with Gasteiger partial charge in [0.25, 0.3) is 0 Å². The summed E-state index contributed by atoms with van der Waals surface area (Å²) < 4.78 is 12.9. The standard InChI is InChI=1S/C20H15FOS2/c21-16-5-1-14(2-6-16)13-20(22)15-3-9-18(10-4-15)24-19-11-7-17(23)8-12-19/h1-12,23H,13H2/p+1. The van der Waals surface area contributed by atoms with Crippen LogP contribution in [-0.4, -0.2) is 5.78 Å². The van der Waals surface area contributed by atoms with E-state index in [-0.39, 0.29) is 18.0 Å². The smallest absolute Gasteiger partial charge is 0.167 e. The van der Waals surface area contributed by atoms with Crippen LogP contribution in [0.5, 0.6) is 0 Å². The molecular formula is C20H16FOS2+. The van der Waals surface area contributed by atoms with Crippen molar-refractivity contribution >= 4 is 30.2 Å². The van der Waals surface area contributed by atoms with Gasteiger partial charge in [-0.05, 0) is 66.7 Å². The summed E-state index contributed by atoms with van der Waals surface area (Å²) in [6, 6.07) is 21.7. The summed E-state index contributed by atoms with van der Waals surface area (Å²) in [5.74, 6) is -0.262. The molecule has 0 heterocycles. The number of halogens is 1. The highest BCUT2D eigenvalue weighted by Gasteiger charge is 2.08. The second-order valence-corrected chi connectivity index (χ2v) is 7.10. The molecule has 0 spiro atoms. The quantitative estimate of drug-likeness (QED) is 0.484. The minimum atomic E-state index is -0.291. The highest BCUT2D eigenvalue weighted by atomic mass is 32.2. The van der Waals surface area contributed by atoms with E-state index in [9.17, 15) is 9.18 Å². The van der Waals surface area contributed by atoms with Gasteiger partial charge >= 0.3 is 0 Å². The predicted molar refractivity (Wildman–Crippen MR) is 99.9 cm³/mol. The van der Waals surface area contributed by atoms with Gasteiger partial charge in [0.2, 0.25) is 0 Å². The molecule has 1 nitrogen and oxygen atoms in total. The van der Waals surface area contributed by atoms with Crippen LogP contribution in [0.25, 0.3) is 0 Å². The fraction of sp³-hybridized carbons (Fsp3) is 0.0500. The van der Waals surface area contributed by atoms with Crippen LogP contribution in [0.4, 0.5) is 4.39 Å². The summed E-state index contributed by atoms with van der Waals surface area (Å²) in [4.78, 5) is 15.6. The average Bonchev–Trinajstić information content (AvgIpc) is 2.59. The first-order valence-electron chi connectivity index (χ1n) is 7.47. The van der Waals surface area contributed by atoms with Crippen molar-refractivity contribution < 1.29 is 9.18 Å². The zero-order valence-electron chi connectivity index (χ0n) is 12.8. The Morgan fingerprint density at radius 2 is 1.38 bits per heavy atom. The van der Waals surface area contributed by atoms with Crippen LogP contribution in [0.2, 0.25) is 0 Å². The van der Waals surface area contributed by atoms with E-state index in [0.717, 1.165) is 20.2 Å². The zero-order valence-corrected chi connectivity index (χ0v) is 14.6. The van der Waals surface area contributed by atoms with Gasteiger partial charge in [0.15, 0.2) is 5.78 Å². The molecule has 0 aliphatic heterocycles. The van der Waals surface area contributed by atoms with Gasteiger partial charge in [-0.2, -0.15) is 0 Å². The lowest BCUT2D eigenvalue weighted by Gasteiger charge is -2.04. The first kappa shape index (κ1) is 16.8. The highest BCUT2D eigenvalue weighted by Crippen LogP contribution is 2.28. The fourth-order valence-corrected chi connectivity index (χ4v) is 3.24. The molecule has 120 valence electrons. The Kier molecular flexibility index (Phi) is 5.38. The van der Waals surface area contributed by atoms with E-state index >= 15 is 0 Å². The molecule has 24 heavy (non-hydrogen) atoms. The van der Waals surface area contributed by atoms with Crippen LogP contribution in [0.3, 0.4) is 0 Å². The van der Waals surface area contributed by atoms with Gasteiger partial charge in [0, 0.05) is 21.8 Å².